The van der Waals surface area contributed by atoms with Gasteiger partial charge in [0.15, 0.2) is 0 Å². The van der Waals surface area contributed by atoms with Gasteiger partial charge in [0.05, 0.1) is 19.0 Å². The third kappa shape index (κ3) is 5.08. The molecule has 0 aliphatic carbocycles. The number of rotatable bonds is 6. The van der Waals surface area contributed by atoms with Gasteiger partial charge < -0.3 is 10.6 Å². The third-order valence-electron chi connectivity index (χ3n) is 4.42. The second-order valence-corrected chi connectivity index (χ2v) is 6.87. The van der Waals surface area contributed by atoms with Crippen LogP contribution in [0.25, 0.3) is 10.8 Å². The first kappa shape index (κ1) is 18.9. The Morgan fingerprint density at radius 1 is 0.926 bits per heavy atom. The zero-order valence-corrected chi connectivity index (χ0v) is 15.8. The SMILES string of the molecule is C[C@@H](NC(=O)CNC(=O)Cc1cccc2ccccc12)c1ccc(Cl)cc1. The average molecular weight is 381 g/mol. The highest BCUT2D eigenvalue weighted by molar-refractivity contribution is 6.30. The van der Waals surface area contributed by atoms with Gasteiger partial charge in [0.25, 0.3) is 0 Å². The minimum atomic E-state index is -0.233. The van der Waals surface area contributed by atoms with Crippen LogP contribution in [0.15, 0.2) is 66.7 Å². The van der Waals surface area contributed by atoms with E-state index in [2.05, 4.69) is 10.6 Å². The lowest BCUT2D eigenvalue weighted by Gasteiger charge is -2.15. The molecule has 0 radical (unpaired) electrons. The van der Waals surface area contributed by atoms with E-state index in [1.807, 2.05) is 61.5 Å². The van der Waals surface area contributed by atoms with E-state index in [4.69, 9.17) is 11.6 Å². The molecule has 1 atom stereocenters. The molecule has 0 saturated carbocycles. The van der Waals surface area contributed by atoms with Gasteiger partial charge >= 0.3 is 0 Å². The molecule has 27 heavy (non-hydrogen) atoms. The van der Waals surface area contributed by atoms with Gasteiger partial charge in [-0.05, 0) is 41.0 Å². The first-order valence-electron chi connectivity index (χ1n) is 8.81. The lowest BCUT2D eigenvalue weighted by atomic mass is 10.0. The van der Waals surface area contributed by atoms with Crippen molar-refractivity contribution in [3.05, 3.63) is 82.9 Å². The van der Waals surface area contributed by atoms with E-state index in [-0.39, 0.29) is 30.8 Å². The van der Waals surface area contributed by atoms with Gasteiger partial charge in [-0.15, -0.1) is 0 Å². The van der Waals surface area contributed by atoms with Gasteiger partial charge in [0, 0.05) is 5.02 Å². The molecule has 0 aromatic heterocycles. The molecule has 2 amide bonds. The highest BCUT2D eigenvalue weighted by Gasteiger charge is 2.12. The molecule has 0 aliphatic heterocycles. The van der Waals surface area contributed by atoms with Gasteiger partial charge in [-0.25, -0.2) is 0 Å². The number of hydrogen-bond donors (Lipinski definition) is 2. The fraction of sp³-hybridized carbons (Fsp3) is 0.182. The summed E-state index contributed by atoms with van der Waals surface area (Å²) in [5.41, 5.74) is 1.90. The summed E-state index contributed by atoms with van der Waals surface area (Å²) in [6.07, 6.45) is 0.237. The summed E-state index contributed by atoms with van der Waals surface area (Å²) >= 11 is 5.87. The third-order valence-corrected chi connectivity index (χ3v) is 4.68. The molecule has 3 rings (SSSR count). The maximum absolute atomic E-state index is 12.2. The van der Waals surface area contributed by atoms with Gasteiger partial charge in [-0.1, -0.05) is 66.2 Å². The van der Waals surface area contributed by atoms with Crippen LogP contribution in [0.5, 0.6) is 0 Å². The Morgan fingerprint density at radius 3 is 2.41 bits per heavy atom. The van der Waals surface area contributed by atoms with Crippen LogP contribution in [0.2, 0.25) is 5.02 Å². The molecular weight excluding hydrogens is 360 g/mol. The first-order chi connectivity index (χ1) is 13.0. The maximum Gasteiger partial charge on any atom is 0.239 e. The predicted octanol–water partition coefficient (Wildman–Crippen LogP) is 4.03. The molecule has 4 nitrogen and oxygen atoms in total. The molecule has 0 heterocycles. The summed E-state index contributed by atoms with van der Waals surface area (Å²) < 4.78 is 0. The number of nitrogens with one attached hydrogen (secondary N) is 2. The number of carbonyl (C=O) groups excluding carboxylic acids is 2. The van der Waals surface area contributed by atoms with E-state index in [1.165, 1.54) is 0 Å². The van der Waals surface area contributed by atoms with Crippen LogP contribution in [0.4, 0.5) is 0 Å². The second-order valence-electron chi connectivity index (χ2n) is 6.43. The summed E-state index contributed by atoms with van der Waals surface area (Å²) in [6, 6.07) is 21.0. The standard InChI is InChI=1S/C22H21ClN2O2/c1-15(16-9-11-19(23)12-10-16)25-22(27)14-24-21(26)13-18-7-4-6-17-5-2-3-8-20(17)18/h2-12,15H,13-14H2,1H3,(H,24,26)(H,25,27)/t15-/m1/s1. The van der Waals surface area contributed by atoms with Crippen LogP contribution < -0.4 is 10.6 Å². The highest BCUT2D eigenvalue weighted by atomic mass is 35.5. The molecule has 2 N–H and O–H groups in total. The van der Waals surface area contributed by atoms with Gasteiger partial charge in [-0.3, -0.25) is 9.59 Å². The maximum atomic E-state index is 12.2. The number of amides is 2. The molecule has 3 aromatic carbocycles. The number of carbonyl (C=O) groups is 2. The van der Waals surface area contributed by atoms with Crippen LogP contribution in [-0.4, -0.2) is 18.4 Å². The van der Waals surface area contributed by atoms with Crippen LogP contribution in [0.1, 0.15) is 24.1 Å². The van der Waals surface area contributed by atoms with E-state index >= 15 is 0 Å². The van der Waals surface area contributed by atoms with Crippen molar-refractivity contribution in [1.29, 1.82) is 0 Å². The highest BCUT2D eigenvalue weighted by Crippen LogP contribution is 2.19. The van der Waals surface area contributed by atoms with E-state index in [0.29, 0.717) is 5.02 Å². The fourth-order valence-electron chi connectivity index (χ4n) is 2.99. The molecule has 0 unspecified atom stereocenters. The van der Waals surface area contributed by atoms with Crippen molar-refractivity contribution in [2.75, 3.05) is 6.54 Å². The van der Waals surface area contributed by atoms with Crippen LogP contribution in [0.3, 0.4) is 0 Å². The number of hydrogen-bond acceptors (Lipinski definition) is 2. The quantitative estimate of drug-likeness (QED) is 0.678. The fourth-order valence-corrected chi connectivity index (χ4v) is 3.11. The topological polar surface area (TPSA) is 58.2 Å². The van der Waals surface area contributed by atoms with Gasteiger partial charge in [0.2, 0.25) is 11.8 Å². The van der Waals surface area contributed by atoms with E-state index < -0.39 is 0 Å². The molecule has 0 aliphatic rings. The molecular formula is C22H21ClN2O2. The van der Waals surface area contributed by atoms with E-state index in [0.717, 1.165) is 21.9 Å². The Morgan fingerprint density at radius 2 is 1.63 bits per heavy atom. The molecule has 5 heteroatoms. The molecule has 0 fully saturated rings. The molecule has 0 spiro atoms. The zero-order valence-electron chi connectivity index (χ0n) is 15.0. The molecule has 138 valence electrons. The molecule has 3 aromatic rings. The Labute approximate surface area is 163 Å². The number of benzene rings is 3. The zero-order chi connectivity index (χ0) is 19.2. The lowest BCUT2D eigenvalue weighted by molar-refractivity contribution is -0.126. The van der Waals surface area contributed by atoms with Crippen molar-refractivity contribution >= 4 is 34.2 Å². The molecule has 0 saturated heterocycles. The van der Waals surface area contributed by atoms with Crippen molar-refractivity contribution in [2.24, 2.45) is 0 Å². The van der Waals surface area contributed by atoms with Crippen LogP contribution >= 0.6 is 11.6 Å². The lowest BCUT2D eigenvalue weighted by Crippen LogP contribution is -2.38. The summed E-state index contributed by atoms with van der Waals surface area (Å²) in [5, 5.41) is 8.35. The first-order valence-corrected chi connectivity index (χ1v) is 9.19. The van der Waals surface area contributed by atoms with Gasteiger partial charge in [-0.2, -0.15) is 0 Å². The summed E-state index contributed by atoms with van der Waals surface area (Å²) in [7, 11) is 0. The smallest absolute Gasteiger partial charge is 0.239 e. The van der Waals surface area contributed by atoms with Crippen molar-refractivity contribution in [2.45, 2.75) is 19.4 Å². The molecule has 0 bridgehead atoms. The number of fused-ring (bicyclic) bond motifs is 1. The monoisotopic (exact) mass is 380 g/mol. The van der Waals surface area contributed by atoms with Crippen molar-refractivity contribution in [3.63, 3.8) is 0 Å². The van der Waals surface area contributed by atoms with Gasteiger partial charge in [0.1, 0.15) is 0 Å². The number of halogens is 1. The predicted molar refractivity (Wildman–Crippen MR) is 109 cm³/mol. The Bertz CT molecular complexity index is 949. The Kier molecular flexibility index (Phi) is 6.09. The summed E-state index contributed by atoms with van der Waals surface area (Å²) in [4.78, 5) is 24.4. The average Bonchev–Trinajstić information content (AvgIpc) is 2.67. The van der Waals surface area contributed by atoms with E-state index in [1.54, 1.807) is 12.1 Å². The van der Waals surface area contributed by atoms with Crippen LogP contribution in [-0.2, 0) is 16.0 Å². The normalized spacial score (nSPS) is 11.8. The second kappa shape index (κ2) is 8.69. The van der Waals surface area contributed by atoms with Crippen molar-refractivity contribution in [1.82, 2.24) is 10.6 Å². The summed E-state index contributed by atoms with van der Waals surface area (Å²) in [6.45, 7) is 1.83. The van der Waals surface area contributed by atoms with Crippen molar-refractivity contribution in [3.8, 4) is 0 Å². The largest absolute Gasteiger partial charge is 0.348 e. The van der Waals surface area contributed by atoms with Crippen LogP contribution in [0, 0.1) is 0 Å². The summed E-state index contributed by atoms with van der Waals surface area (Å²) in [5.74, 6) is -0.413. The van der Waals surface area contributed by atoms with E-state index in [9.17, 15) is 9.59 Å². The Balaban J connectivity index is 1.52. The minimum absolute atomic E-state index is 0.0540. The minimum Gasteiger partial charge on any atom is -0.348 e. The Hall–Kier alpha value is -2.85. The van der Waals surface area contributed by atoms with Crippen molar-refractivity contribution < 1.29 is 9.59 Å².